The fraction of sp³-hybridized carbons (Fsp3) is 0.929. The molecular formula is C14H31N3O+2. The lowest BCUT2D eigenvalue weighted by Gasteiger charge is -2.38. The lowest BCUT2D eigenvalue weighted by atomic mass is 9.97. The Morgan fingerprint density at radius 1 is 1.28 bits per heavy atom. The van der Waals surface area contributed by atoms with Crippen LogP contribution < -0.4 is 10.2 Å². The molecule has 0 bridgehead atoms. The molecule has 1 aliphatic rings. The van der Waals surface area contributed by atoms with Crippen molar-refractivity contribution in [3.8, 4) is 0 Å². The quantitative estimate of drug-likeness (QED) is 0.581. The molecule has 1 aliphatic heterocycles. The van der Waals surface area contributed by atoms with Crippen LogP contribution in [0.5, 0.6) is 0 Å². The second kappa shape index (κ2) is 7.74. The summed E-state index contributed by atoms with van der Waals surface area (Å²) >= 11 is 0. The molecule has 3 N–H and O–H groups in total. The summed E-state index contributed by atoms with van der Waals surface area (Å²) in [5.41, 5.74) is 0. The summed E-state index contributed by atoms with van der Waals surface area (Å²) in [6.07, 6.45) is 4.78. The van der Waals surface area contributed by atoms with Crippen molar-refractivity contribution in [1.82, 2.24) is 4.90 Å². The van der Waals surface area contributed by atoms with E-state index in [9.17, 15) is 4.79 Å². The van der Waals surface area contributed by atoms with Crippen molar-refractivity contribution in [2.24, 2.45) is 0 Å². The SMILES string of the molecule is C[C@@H]1CCC[C@H](C)N1C(=O)C[NH2+]CCC[NH+](C)C. The minimum atomic E-state index is 0.326. The van der Waals surface area contributed by atoms with Crippen LogP contribution in [0, 0.1) is 0 Å². The minimum Gasteiger partial charge on any atom is -0.340 e. The highest BCUT2D eigenvalue weighted by molar-refractivity contribution is 5.77. The van der Waals surface area contributed by atoms with Crippen molar-refractivity contribution in [3.63, 3.8) is 0 Å². The van der Waals surface area contributed by atoms with Crippen molar-refractivity contribution in [1.29, 1.82) is 0 Å². The third-order valence-corrected chi connectivity index (χ3v) is 3.89. The molecular weight excluding hydrogens is 226 g/mol. The van der Waals surface area contributed by atoms with Gasteiger partial charge in [0.25, 0.3) is 5.91 Å². The molecule has 0 aromatic rings. The van der Waals surface area contributed by atoms with Crippen LogP contribution in [0.3, 0.4) is 0 Å². The Hall–Kier alpha value is -0.610. The number of quaternary nitrogens is 2. The first kappa shape index (κ1) is 15.4. The average Bonchev–Trinajstić information content (AvgIpc) is 2.27. The van der Waals surface area contributed by atoms with Crippen LogP contribution >= 0.6 is 0 Å². The molecule has 1 rings (SSSR count). The molecule has 1 saturated heterocycles. The third kappa shape index (κ3) is 4.94. The molecule has 4 heteroatoms. The van der Waals surface area contributed by atoms with Crippen LogP contribution in [0.1, 0.15) is 39.5 Å². The minimum absolute atomic E-state index is 0.326. The molecule has 1 fully saturated rings. The molecule has 0 spiro atoms. The van der Waals surface area contributed by atoms with E-state index in [1.807, 2.05) is 0 Å². The summed E-state index contributed by atoms with van der Waals surface area (Å²) in [5.74, 6) is 0.326. The highest BCUT2D eigenvalue weighted by Gasteiger charge is 2.29. The van der Waals surface area contributed by atoms with Crippen molar-refractivity contribution >= 4 is 5.91 Å². The molecule has 0 aromatic carbocycles. The standard InChI is InChI=1S/C14H29N3O/c1-12-7-5-8-13(2)17(12)14(18)11-15-9-6-10-16(3)4/h12-13,15H,5-11H2,1-4H3/p+2/t12-,13+. The van der Waals surface area contributed by atoms with Gasteiger partial charge in [-0.3, -0.25) is 4.79 Å². The van der Waals surface area contributed by atoms with E-state index in [-0.39, 0.29) is 0 Å². The van der Waals surface area contributed by atoms with E-state index in [0.29, 0.717) is 24.5 Å². The number of carbonyl (C=O) groups excluding carboxylic acids is 1. The molecule has 18 heavy (non-hydrogen) atoms. The van der Waals surface area contributed by atoms with Gasteiger partial charge in [-0.15, -0.1) is 0 Å². The zero-order valence-corrected chi connectivity index (χ0v) is 12.5. The maximum atomic E-state index is 12.2. The fourth-order valence-corrected chi connectivity index (χ4v) is 2.84. The van der Waals surface area contributed by atoms with Crippen molar-refractivity contribution in [2.75, 3.05) is 33.7 Å². The number of piperidine rings is 1. The van der Waals surface area contributed by atoms with Gasteiger partial charge in [-0.1, -0.05) is 0 Å². The van der Waals surface area contributed by atoms with Crippen molar-refractivity contribution in [2.45, 2.75) is 51.6 Å². The van der Waals surface area contributed by atoms with Crippen LogP contribution in [-0.2, 0) is 4.79 Å². The molecule has 1 heterocycles. The fourth-order valence-electron chi connectivity index (χ4n) is 2.84. The smallest absolute Gasteiger partial charge is 0.278 e. The van der Waals surface area contributed by atoms with Gasteiger partial charge >= 0.3 is 0 Å². The largest absolute Gasteiger partial charge is 0.340 e. The molecule has 1 amide bonds. The summed E-state index contributed by atoms with van der Waals surface area (Å²) in [6.45, 7) is 7.23. The van der Waals surface area contributed by atoms with Crippen LogP contribution in [0.15, 0.2) is 0 Å². The number of nitrogens with zero attached hydrogens (tertiary/aromatic N) is 1. The number of nitrogens with one attached hydrogen (secondary N) is 1. The Labute approximate surface area is 112 Å². The first-order chi connectivity index (χ1) is 8.52. The predicted molar refractivity (Wildman–Crippen MR) is 73.6 cm³/mol. The predicted octanol–water partition coefficient (Wildman–Crippen LogP) is -1.13. The number of amides is 1. The lowest BCUT2D eigenvalue weighted by Crippen LogP contribution is -3.06. The summed E-state index contributed by atoms with van der Waals surface area (Å²) < 4.78 is 0. The second-order valence-electron chi connectivity index (χ2n) is 6.02. The highest BCUT2D eigenvalue weighted by atomic mass is 16.2. The van der Waals surface area contributed by atoms with Gasteiger partial charge < -0.3 is 15.1 Å². The Kier molecular flexibility index (Phi) is 6.65. The monoisotopic (exact) mass is 257 g/mol. The lowest BCUT2D eigenvalue weighted by molar-refractivity contribution is -0.860. The molecule has 0 radical (unpaired) electrons. The van der Waals surface area contributed by atoms with E-state index in [1.54, 1.807) is 0 Å². The number of rotatable bonds is 6. The van der Waals surface area contributed by atoms with E-state index in [4.69, 9.17) is 0 Å². The van der Waals surface area contributed by atoms with E-state index in [0.717, 1.165) is 6.54 Å². The normalized spacial score (nSPS) is 24.6. The van der Waals surface area contributed by atoms with Gasteiger partial charge in [0.2, 0.25) is 0 Å². The summed E-state index contributed by atoms with van der Waals surface area (Å²) in [6, 6.07) is 0.863. The summed E-state index contributed by atoms with van der Waals surface area (Å²) in [4.78, 5) is 15.8. The van der Waals surface area contributed by atoms with Crippen LogP contribution in [0.4, 0.5) is 0 Å². The highest BCUT2D eigenvalue weighted by Crippen LogP contribution is 2.21. The number of hydrogen-bond donors (Lipinski definition) is 2. The van der Waals surface area contributed by atoms with E-state index >= 15 is 0 Å². The maximum Gasteiger partial charge on any atom is 0.278 e. The molecule has 2 atom stereocenters. The number of carbonyl (C=O) groups is 1. The van der Waals surface area contributed by atoms with Crippen LogP contribution in [0.2, 0.25) is 0 Å². The second-order valence-corrected chi connectivity index (χ2v) is 6.02. The van der Waals surface area contributed by atoms with Gasteiger partial charge in [0, 0.05) is 18.5 Å². The summed E-state index contributed by atoms with van der Waals surface area (Å²) in [5, 5.41) is 2.17. The number of hydrogen-bond acceptors (Lipinski definition) is 1. The van der Waals surface area contributed by atoms with Crippen LogP contribution in [0.25, 0.3) is 0 Å². The zero-order chi connectivity index (χ0) is 13.5. The van der Waals surface area contributed by atoms with E-state index < -0.39 is 0 Å². The Bertz CT molecular complexity index is 245. The first-order valence-electron chi connectivity index (χ1n) is 7.44. The van der Waals surface area contributed by atoms with Gasteiger partial charge in [-0.2, -0.15) is 0 Å². The third-order valence-electron chi connectivity index (χ3n) is 3.89. The summed E-state index contributed by atoms with van der Waals surface area (Å²) in [7, 11) is 4.34. The Morgan fingerprint density at radius 3 is 2.44 bits per heavy atom. The average molecular weight is 257 g/mol. The maximum absolute atomic E-state index is 12.2. The van der Waals surface area contributed by atoms with Gasteiger partial charge in [-0.05, 0) is 33.1 Å². The van der Waals surface area contributed by atoms with E-state index in [2.05, 4.69) is 38.2 Å². The Morgan fingerprint density at radius 2 is 1.89 bits per heavy atom. The molecule has 4 nitrogen and oxygen atoms in total. The van der Waals surface area contributed by atoms with Gasteiger partial charge in [0.05, 0.1) is 27.2 Å². The number of likely N-dealkylation sites (tertiary alicyclic amines) is 1. The van der Waals surface area contributed by atoms with Crippen molar-refractivity contribution < 1.29 is 15.0 Å². The molecule has 0 aliphatic carbocycles. The molecule has 0 saturated carbocycles. The first-order valence-corrected chi connectivity index (χ1v) is 7.44. The van der Waals surface area contributed by atoms with Gasteiger partial charge in [0.15, 0.2) is 6.54 Å². The van der Waals surface area contributed by atoms with Gasteiger partial charge in [0.1, 0.15) is 0 Å². The molecule has 0 unspecified atom stereocenters. The molecule has 106 valence electrons. The van der Waals surface area contributed by atoms with Gasteiger partial charge in [-0.25, -0.2) is 0 Å². The topological polar surface area (TPSA) is 41.4 Å². The molecule has 0 aromatic heterocycles. The van der Waals surface area contributed by atoms with Crippen molar-refractivity contribution in [3.05, 3.63) is 0 Å². The van der Waals surface area contributed by atoms with Crippen LogP contribution in [-0.4, -0.2) is 56.6 Å². The number of nitrogens with two attached hydrogens (primary N) is 1. The Balaban J connectivity index is 2.22. The zero-order valence-electron chi connectivity index (χ0n) is 12.5. The van der Waals surface area contributed by atoms with E-state index in [1.165, 1.54) is 37.1 Å².